The predicted molar refractivity (Wildman–Crippen MR) is 59.8 cm³/mol. The van der Waals surface area contributed by atoms with Crippen LogP contribution in [-0.2, 0) is 12.8 Å². The quantitative estimate of drug-likeness (QED) is 0.772. The highest BCUT2D eigenvalue weighted by Crippen LogP contribution is 2.20. The van der Waals surface area contributed by atoms with Crippen molar-refractivity contribution in [1.82, 2.24) is 20.2 Å². The molecular weight excluding hydrogens is 232 g/mol. The third kappa shape index (κ3) is 2.70. The molecule has 0 saturated heterocycles. The van der Waals surface area contributed by atoms with Crippen LogP contribution in [0.1, 0.15) is 5.56 Å². The Hall–Kier alpha value is -1.07. The first-order valence-corrected chi connectivity index (χ1v) is 5.71. The first-order chi connectivity index (χ1) is 7.25. The number of nitrogens with zero attached hydrogens (tertiary/aromatic N) is 4. The van der Waals surface area contributed by atoms with Gasteiger partial charge in [0.15, 0.2) is 0 Å². The summed E-state index contributed by atoms with van der Waals surface area (Å²) >= 11 is 7.47. The van der Waals surface area contributed by atoms with Gasteiger partial charge in [0.1, 0.15) is 0 Å². The zero-order valence-electron chi connectivity index (χ0n) is 8.09. The molecule has 2 aromatic rings. The van der Waals surface area contributed by atoms with Gasteiger partial charge in [0.25, 0.3) is 0 Å². The highest BCUT2D eigenvalue weighted by atomic mass is 35.5. The molecule has 0 bridgehead atoms. The Bertz CT molecular complexity index is 457. The van der Waals surface area contributed by atoms with E-state index >= 15 is 0 Å². The molecule has 15 heavy (non-hydrogen) atoms. The van der Waals surface area contributed by atoms with Gasteiger partial charge < -0.3 is 0 Å². The maximum absolute atomic E-state index is 5.88. The number of halogens is 1. The second-order valence-corrected chi connectivity index (χ2v) is 4.38. The molecule has 0 aliphatic rings. The van der Waals surface area contributed by atoms with Crippen molar-refractivity contribution >= 4 is 23.4 Å². The van der Waals surface area contributed by atoms with Gasteiger partial charge in [-0.25, -0.2) is 4.68 Å². The van der Waals surface area contributed by atoms with Gasteiger partial charge in [-0.3, -0.25) is 0 Å². The monoisotopic (exact) mass is 240 g/mol. The van der Waals surface area contributed by atoms with Gasteiger partial charge >= 0.3 is 0 Å². The van der Waals surface area contributed by atoms with Gasteiger partial charge in [-0.1, -0.05) is 35.5 Å². The van der Waals surface area contributed by atoms with E-state index in [0.717, 1.165) is 21.5 Å². The minimum atomic E-state index is 0.754. The smallest absolute Gasteiger partial charge is 0.209 e. The Balaban J connectivity index is 2.02. The van der Waals surface area contributed by atoms with Crippen LogP contribution in [0.25, 0.3) is 0 Å². The number of aromatic nitrogens is 4. The second kappa shape index (κ2) is 4.63. The number of thioether (sulfide) groups is 1. The third-order valence-corrected chi connectivity index (χ3v) is 3.16. The molecule has 4 nitrogen and oxygen atoms in total. The van der Waals surface area contributed by atoms with Gasteiger partial charge in [0.2, 0.25) is 5.16 Å². The molecule has 0 aliphatic carbocycles. The van der Waals surface area contributed by atoms with Gasteiger partial charge in [-0.05, 0) is 28.1 Å². The molecule has 0 saturated carbocycles. The molecule has 1 aromatic carbocycles. The molecule has 0 radical (unpaired) electrons. The number of benzene rings is 1. The fourth-order valence-corrected chi connectivity index (χ4v) is 2.12. The average molecular weight is 241 g/mol. The summed E-state index contributed by atoms with van der Waals surface area (Å²) in [5.74, 6) is 0.814. The van der Waals surface area contributed by atoms with Crippen molar-refractivity contribution in [1.29, 1.82) is 0 Å². The highest BCUT2D eigenvalue weighted by molar-refractivity contribution is 7.98. The lowest BCUT2D eigenvalue weighted by Gasteiger charge is -2.00. The third-order valence-electron chi connectivity index (χ3n) is 1.84. The Morgan fingerprint density at radius 3 is 3.00 bits per heavy atom. The van der Waals surface area contributed by atoms with Crippen LogP contribution in [0, 0.1) is 0 Å². The molecule has 0 atom stereocenters. The molecule has 0 spiro atoms. The van der Waals surface area contributed by atoms with Crippen LogP contribution in [0.15, 0.2) is 29.4 Å². The summed E-state index contributed by atoms with van der Waals surface area (Å²) in [6.07, 6.45) is 0. The van der Waals surface area contributed by atoms with Crippen molar-refractivity contribution in [2.45, 2.75) is 10.9 Å². The predicted octanol–water partition coefficient (Wildman–Crippen LogP) is 2.16. The first-order valence-electron chi connectivity index (χ1n) is 4.35. The number of rotatable bonds is 3. The van der Waals surface area contributed by atoms with Gasteiger partial charge in [-0.2, -0.15) is 0 Å². The molecule has 6 heteroatoms. The standard InChI is InChI=1S/C9H9ClN4S/c1-14-9(11-12-13-14)15-6-7-3-2-4-8(10)5-7/h2-5H,6H2,1H3. The largest absolute Gasteiger partial charge is 0.224 e. The number of hydrogen-bond donors (Lipinski definition) is 0. The fraction of sp³-hybridized carbons (Fsp3) is 0.222. The topological polar surface area (TPSA) is 43.6 Å². The van der Waals surface area contributed by atoms with Crippen LogP contribution < -0.4 is 0 Å². The molecule has 1 aromatic heterocycles. The fourth-order valence-electron chi connectivity index (χ4n) is 1.12. The van der Waals surface area contributed by atoms with Crippen molar-refractivity contribution in [3.63, 3.8) is 0 Å². The summed E-state index contributed by atoms with van der Waals surface area (Å²) in [5, 5.41) is 12.8. The SMILES string of the molecule is Cn1nnnc1SCc1cccc(Cl)c1. The number of tetrazole rings is 1. The van der Waals surface area contributed by atoms with Crippen LogP contribution in [0.4, 0.5) is 0 Å². The number of hydrogen-bond acceptors (Lipinski definition) is 4. The molecule has 1 heterocycles. The van der Waals surface area contributed by atoms with Crippen molar-refractivity contribution in [2.75, 3.05) is 0 Å². The minimum absolute atomic E-state index is 0.754. The van der Waals surface area contributed by atoms with Crippen LogP contribution in [0.2, 0.25) is 5.02 Å². The summed E-state index contributed by atoms with van der Waals surface area (Å²) in [4.78, 5) is 0. The van der Waals surface area contributed by atoms with Gasteiger partial charge in [0.05, 0.1) is 0 Å². The summed E-state index contributed by atoms with van der Waals surface area (Å²) in [7, 11) is 1.82. The highest BCUT2D eigenvalue weighted by Gasteiger charge is 2.03. The molecule has 0 amide bonds. The Labute approximate surface area is 96.6 Å². The van der Waals surface area contributed by atoms with Crippen LogP contribution >= 0.6 is 23.4 Å². The average Bonchev–Trinajstić information content (AvgIpc) is 2.61. The normalized spacial score (nSPS) is 10.5. The molecule has 0 fully saturated rings. The zero-order chi connectivity index (χ0) is 10.7. The van der Waals surface area contributed by atoms with E-state index in [2.05, 4.69) is 15.5 Å². The van der Waals surface area contributed by atoms with E-state index in [1.807, 2.05) is 31.3 Å². The van der Waals surface area contributed by atoms with Crippen molar-refractivity contribution in [2.24, 2.45) is 7.05 Å². The molecule has 0 unspecified atom stereocenters. The van der Waals surface area contributed by atoms with Crippen LogP contribution in [-0.4, -0.2) is 20.2 Å². The summed E-state index contributed by atoms with van der Waals surface area (Å²) in [6, 6.07) is 7.77. The van der Waals surface area contributed by atoms with E-state index < -0.39 is 0 Å². The van der Waals surface area contributed by atoms with Gasteiger partial charge in [-0.15, -0.1) is 5.10 Å². The minimum Gasteiger partial charge on any atom is -0.224 e. The number of aryl methyl sites for hydroxylation is 1. The van der Waals surface area contributed by atoms with Crippen LogP contribution in [0.3, 0.4) is 0 Å². The van der Waals surface area contributed by atoms with E-state index in [9.17, 15) is 0 Å². The first kappa shape index (κ1) is 10.4. The lowest BCUT2D eigenvalue weighted by molar-refractivity contribution is 0.664. The van der Waals surface area contributed by atoms with E-state index in [-0.39, 0.29) is 0 Å². The van der Waals surface area contributed by atoms with Crippen molar-refractivity contribution < 1.29 is 0 Å². The Kier molecular flexibility index (Phi) is 3.23. The van der Waals surface area contributed by atoms with E-state index in [1.54, 1.807) is 16.4 Å². The Morgan fingerprint density at radius 2 is 2.33 bits per heavy atom. The van der Waals surface area contributed by atoms with E-state index in [4.69, 9.17) is 11.6 Å². The van der Waals surface area contributed by atoms with Crippen molar-refractivity contribution in [3.05, 3.63) is 34.9 Å². The maximum atomic E-state index is 5.88. The lowest BCUT2D eigenvalue weighted by Crippen LogP contribution is -1.93. The molecule has 2 rings (SSSR count). The maximum Gasteiger partial charge on any atom is 0.209 e. The molecular formula is C9H9ClN4S. The van der Waals surface area contributed by atoms with E-state index in [1.165, 1.54) is 0 Å². The molecule has 78 valence electrons. The molecule has 0 N–H and O–H groups in total. The zero-order valence-corrected chi connectivity index (χ0v) is 9.66. The summed E-state index contributed by atoms with van der Waals surface area (Å²) in [5.41, 5.74) is 1.16. The lowest BCUT2D eigenvalue weighted by atomic mass is 10.2. The van der Waals surface area contributed by atoms with Crippen LogP contribution in [0.5, 0.6) is 0 Å². The summed E-state index contributed by atoms with van der Waals surface area (Å²) in [6.45, 7) is 0. The van der Waals surface area contributed by atoms with E-state index in [0.29, 0.717) is 0 Å². The Morgan fingerprint density at radius 1 is 1.47 bits per heavy atom. The van der Waals surface area contributed by atoms with Gasteiger partial charge in [0, 0.05) is 17.8 Å². The second-order valence-electron chi connectivity index (χ2n) is 3.00. The summed E-state index contributed by atoms with van der Waals surface area (Å²) < 4.78 is 1.65. The molecule has 0 aliphatic heterocycles. The van der Waals surface area contributed by atoms with Crippen molar-refractivity contribution in [3.8, 4) is 0 Å².